The summed E-state index contributed by atoms with van der Waals surface area (Å²) in [5, 5.41) is 4.98. The smallest absolute Gasteiger partial charge is 0.338 e. The van der Waals surface area contributed by atoms with Crippen LogP contribution in [0.3, 0.4) is 0 Å². The van der Waals surface area contributed by atoms with E-state index in [1.807, 2.05) is 0 Å². The maximum atomic E-state index is 12.2. The average molecular weight is 374 g/mol. The topological polar surface area (TPSA) is 124 Å². The highest BCUT2D eigenvalue weighted by Gasteiger charge is 2.34. The van der Waals surface area contributed by atoms with E-state index in [1.165, 1.54) is 24.3 Å². The summed E-state index contributed by atoms with van der Waals surface area (Å²) >= 11 is 0. The zero-order chi connectivity index (χ0) is 18.9. The second-order valence-corrected chi connectivity index (χ2v) is 7.07. The van der Waals surface area contributed by atoms with Crippen molar-refractivity contribution in [3.63, 3.8) is 0 Å². The standard InChI is InChI=1S/C17H14N2O6S/c18-26(23,24)12-7-5-11(6-8-12)17(22)25-10-9-19-15(20)13-3-1-2-4-14(13)16(19)21/h1-8H,9-10H2,(H2,18,23,24). The van der Waals surface area contributed by atoms with Gasteiger partial charge in [-0.15, -0.1) is 0 Å². The number of carbonyl (C=O) groups excluding carboxylic acids is 3. The number of rotatable bonds is 5. The summed E-state index contributed by atoms with van der Waals surface area (Å²) in [4.78, 5) is 37.2. The van der Waals surface area contributed by atoms with Gasteiger partial charge in [0.15, 0.2) is 0 Å². The lowest BCUT2D eigenvalue weighted by Crippen LogP contribution is -2.33. The summed E-state index contributed by atoms with van der Waals surface area (Å²) in [6, 6.07) is 11.4. The Morgan fingerprint density at radius 1 is 0.962 bits per heavy atom. The minimum atomic E-state index is -3.85. The van der Waals surface area contributed by atoms with Crippen molar-refractivity contribution < 1.29 is 27.5 Å². The lowest BCUT2D eigenvalue weighted by Gasteiger charge is -2.13. The lowest BCUT2D eigenvalue weighted by atomic mass is 10.1. The van der Waals surface area contributed by atoms with Crippen LogP contribution in [0.1, 0.15) is 31.1 Å². The van der Waals surface area contributed by atoms with Crippen molar-refractivity contribution in [3.05, 3.63) is 65.2 Å². The number of nitrogens with zero attached hydrogens (tertiary/aromatic N) is 1. The van der Waals surface area contributed by atoms with E-state index in [2.05, 4.69) is 0 Å². The molecule has 8 nitrogen and oxygen atoms in total. The van der Waals surface area contributed by atoms with Crippen molar-refractivity contribution >= 4 is 27.8 Å². The highest BCUT2D eigenvalue weighted by Crippen LogP contribution is 2.22. The Bertz CT molecular complexity index is 963. The molecule has 0 saturated carbocycles. The Labute approximate surface area is 149 Å². The number of amides is 2. The van der Waals surface area contributed by atoms with Crippen LogP contribution in [0, 0.1) is 0 Å². The molecule has 134 valence electrons. The van der Waals surface area contributed by atoms with E-state index in [4.69, 9.17) is 9.88 Å². The molecule has 1 heterocycles. The average Bonchev–Trinajstić information content (AvgIpc) is 2.86. The number of primary sulfonamides is 1. The molecule has 0 spiro atoms. The third-order valence-corrected chi connectivity index (χ3v) is 4.77. The minimum Gasteiger partial charge on any atom is -0.460 e. The van der Waals surface area contributed by atoms with Crippen LogP contribution in [-0.2, 0) is 14.8 Å². The summed E-state index contributed by atoms with van der Waals surface area (Å²) in [5.74, 6) is -1.57. The Morgan fingerprint density at radius 2 is 1.50 bits per heavy atom. The van der Waals surface area contributed by atoms with Crippen molar-refractivity contribution in [1.82, 2.24) is 4.90 Å². The number of carbonyl (C=O) groups is 3. The number of benzene rings is 2. The Kier molecular flexibility index (Phi) is 4.58. The second kappa shape index (κ2) is 6.70. The molecule has 0 unspecified atom stereocenters. The number of nitrogens with two attached hydrogens (primary N) is 1. The first-order chi connectivity index (χ1) is 12.3. The van der Waals surface area contributed by atoms with Crippen LogP contribution in [0.2, 0.25) is 0 Å². The van der Waals surface area contributed by atoms with Crippen molar-refractivity contribution in [2.24, 2.45) is 5.14 Å². The molecule has 2 amide bonds. The van der Waals surface area contributed by atoms with Crippen molar-refractivity contribution in [3.8, 4) is 0 Å². The van der Waals surface area contributed by atoms with Crippen LogP contribution in [0.4, 0.5) is 0 Å². The van der Waals surface area contributed by atoms with E-state index < -0.39 is 27.8 Å². The van der Waals surface area contributed by atoms with E-state index in [0.29, 0.717) is 11.1 Å². The van der Waals surface area contributed by atoms with Crippen LogP contribution in [0.15, 0.2) is 53.4 Å². The molecule has 0 radical (unpaired) electrons. The summed E-state index contributed by atoms with van der Waals surface area (Å²) in [5.41, 5.74) is 0.768. The van der Waals surface area contributed by atoms with Crippen LogP contribution >= 0.6 is 0 Å². The van der Waals surface area contributed by atoms with Gasteiger partial charge in [-0.2, -0.15) is 0 Å². The summed E-state index contributed by atoms with van der Waals surface area (Å²) in [7, 11) is -3.85. The van der Waals surface area contributed by atoms with Gasteiger partial charge in [0.05, 0.1) is 28.1 Å². The second-order valence-electron chi connectivity index (χ2n) is 5.51. The highest BCUT2D eigenvalue weighted by atomic mass is 32.2. The molecule has 0 saturated heterocycles. The third-order valence-electron chi connectivity index (χ3n) is 3.84. The van der Waals surface area contributed by atoms with Gasteiger partial charge in [-0.25, -0.2) is 18.4 Å². The van der Waals surface area contributed by atoms with E-state index >= 15 is 0 Å². The fraction of sp³-hybridized carbons (Fsp3) is 0.118. The zero-order valence-electron chi connectivity index (χ0n) is 13.4. The fourth-order valence-electron chi connectivity index (χ4n) is 2.54. The number of hydrogen-bond acceptors (Lipinski definition) is 6. The van der Waals surface area contributed by atoms with Gasteiger partial charge in [0, 0.05) is 0 Å². The molecule has 0 atom stereocenters. The Hall–Kier alpha value is -3.04. The van der Waals surface area contributed by atoms with Crippen LogP contribution in [0.25, 0.3) is 0 Å². The molecule has 0 bridgehead atoms. The number of hydrogen-bond donors (Lipinski definition) is 1. The van der Waals surface area contributed by atoms with Crippen LogP contribution in [-0.4, -0.2) is 44.3 Å². The van der Waals surface area contributed by atoms with Gasteiger partial charge in [-0.3, -0.25) is 14.5 Å². The van der Waals surface area contributed by atoms with E-state index in [-0.39, 0.29) is 23.6 Å². The number of fused-ring (bicyclic) bond motifs is 1. The SMILES string of the molecule is NS(=O)(=O)c1ccc(C(=O)OCCN2C(=O)c3ccccc3C2=O)cc1. The van der Waals surface area contributed by atoms with E-state index in [0.717, 1.165) is 4.90 Å². The summed E-state index contributed by atoms with van der Waals surface area (Å²) in [6.45, 7) is -0.255. The maximum Gasteiger partial charge on any atom is 0.338 e. The zero-order valence-corrected chi connectivity index (χ0v) is 14.2. The monoisotopic (exact) mass is 374 g/mol. The molecule has 0 fully saturated rings. The van der Waals surface area contributed by atoms with Gasteiger partial charge >= 0.3 is 5.97 Å². The summed E-state index contributed by atoms with van der Waals surface area (Å²) < 4.78 is 27.4. The summed E-state index contributed by atoms with van der Waals surface area (Å²) in [6.07, 6.45) is 0. The van der Waals surface area contributed by atoms with Gasteiger partial charge < -0.3 is 4.74 Å². The number of esters is 1. The van der Waals surface area contributed by atoms with Crippen LogP contribution in [0.5, 0.6) is 0 Å². The van der Waals surface area contributed by atoms with Gasteiger partial charge in [0.25, 0.3) is 11.8 Å². The lowest BCUT2D eigenvalue weighted by molar-refractivity contribution is 0.0420. The van der Waals surface area contributed by atoms with E-state index in [1.54, 1.807) is 24.3 Å². The normalized spacial score (nSPS) is 13.7. The van der Waals surface area contributed by atoms with Crippen LogP contribution < -0.4 is 5.14 Å². The van der Waals surface area contributed by atoms with Crippen molar-refractivity contribution in [1.29, 1.82) is 0 Å². The first-order valence-electron chi connectivity index (χ1n) is 7.54. The van der Waals surface area contributed by atoms with Gasteiger partial charge in [-0.05, 0) is 36.4 Å². The molecule has 0 aromatic heterocycles. The maximum absolute atomic E-state index is 12.2. The fourth-order valence-corrected chi connectivity index (χ4v) is 3.05. The number of ether oxygens (including phenoxy) is 1. The molecular weight excluding hydrogens is 360 g/mol. The van der Waals surface area contributed by atoms with Crippen molar-refractivity contribution in [2.45, 2.75) is 4.90 Å². The van der Waals surface area contributed by atoms with Crippen molar-refractivity contribution in [2.75, 3.05) is 13.2 Å². The van der Waals surface area contributed by atoms with E-state index in [9.17, 15) is 22.8 Å². The molecule has 2 aromatic carbocycles. The predicted molar refractivity (Wildman–Crippen MR) is 89.9 cm³/mol. The predicted octanol–water partition coefficient (Wildman–Crippen LogP) is 0.787. The first kappa shape index (κ1) is 17.8. The molecule has 1 aliphatic rings. The number of sulfonamides is 1. The highest BCUT2D eigenvalue weighted by molar-refractivity contribution is 7.89. The van der Waals surface area contributed by atoms with Gasteiger partial charge in [0.2, 0.25) is 10.0 Å². The molecule has 2 aromatic rings. The largest absolute Gasteiger partial charge is 0.460 e. The number of imide groups is 1. The first-order valence-corrected chi connectivity index (χ1v) is 9.09. The molecule has 9 heteroatoms. The van der Waals surface area contributed by atoms with Gasteiger partial charge in [-0.1, -0.05) is 12.1 Å². The Balaban J connectivity index is 1.60. The minimum absolute atomic E-state index is 0.0760. The Morgan fingerprint density at radius 3 is 2.00 bits per heavy atom. The molecular formula is C17H14N2O6S. The molecule has 2 N–H and O–H groups in total. The molecule has 3 rings (SSSR count). The third kappa shape index (κ3) is 3.35. The molecule has 1 aliphatic heterocycles. The molecule has 0 aliphatic carbocycles. The quantitative estimate of drug-likeness (QED) is 0.609. The molecule has 26 heavy (non-hydrogen) atoms. The van der Waals surface area contributed by atoms with Gasteiger partial charge in [0.1, 0.15) is 6.61 Å².